The van der Waals surface area contributed by atoms with Gasteiger partial charge in [-0.3, -0.25) is 0 Å². The molecule has 0 aliphatic heterocycles. The van der Waals surface area contributed by atoms with Gasteiger partial charge in [0.05, 0.1) is 0 Å². The second-order valence-corrected chi connectivity index (χ2v) is 2.11. The Morgan fingerprint density at radius 2 is 2.33 bits per heavy atom. The standard InChI is InChI=1S/C6H9BN2/c1-9(2)6-5-8-4-3-7-6/h3-5H,1-2H3. The van der Waals surface area contributed by atoms with Crippen molar-refractivity contribution >= 4 is 12.5 Å². The molecule has 0 saturated carbocycles. The summed E-state index contributed by atoms with van der Waals surface area (Å²) in [7, 11) is 3.99. The van der Waals surface area contributed by atoms with Crippen LogP contribution in [0.4, 0.5) is 5.58 Å². The summed E-state index contributed by atoms with van der Waals surface area (Å²) in [5, 5.41) is 0. The fraction of sp³-hybridized carbons (Fsp3) is 0.333. The Bertz CT molecular complexity index is 174. The topological polar surface area (TPSA) is 16.1 Å². The number of anilines is 1. The van der Waals surface area contributed by atoms with E-state index in [2.05, 4.69) is 4.98 Å². The van der Waals surface area contributed by atoms with Gasteiger partial charge in [0.2, 0.25) is 0 Å². The van der Waals surface area contributed by atoms with E-state index in [1.807, 2.05) is 38.1 Å². The maximum absolute atomic E-state index is 3.96. The summed E-state index contributed by atoms with van der Waals surface area (Å²) in [5.74, 6) is 1.93. The summed E-state index contributed by atoms with van der Waals surface area (Å²) in [6.45, 7) is 2.02. The van der Waals surface area contributed by atoms with Gasteiger partial charge < -0.3 is 0 Å². The average Bonchev–Trinajstić information content (AvgIpc) is 1.90. The molecule has 0 amide bonds. The van der Waals surface area contributed by atoms with Crippen LogP contribution in [0.2, 0.25) is 0 Å². The quantitative estimate of drug-likeness (QED) is 0.535. The number of hydrogen-bond donors (Lipinski definition) is 0. The van der Waals surface area contributed by atoms with E-state index in [1.165, 1.54) is 0 Å². The first-order chi connectivity index (χ1) is 4.30. The maximum atomic E-state index is 3.96. The third-order valence-corrected chi connectivity index (χ3v) is 1.16. The first-order valence-corrected chi connectivity index (χ1v) is 2.88. The van der Waals surface area contributed by atoms with Gasteiger partial charge in [-0.15, -0.1) is 0 Å². The molecule has 0 unspecified atom stereocenters. The molecule has 1 heterocycles. The molecule has 1 aromatic rings. The fourth-order valence-corrected chi connectivity index (χ4v) is 0.618. The molecule has 1 aromatic heterocycles. The zero-order chi connectivity index (χ0) is 6.69. The van der Waals surface area contributed by atoms with Crippen LogP contribution in [0.5, 0.6) is 0 Å². The minimum absolute atomic E-state index is 1.14. The molecule has 46 valence electrons. The Morgan fingerprint density at radius 1 is 1.56 bits per heavy atom. The van der Waals surface area contributed by atoms with E-state index in [0.29, 0.717) is 0 Å². The molecule has 0 spiro atoms. The first kappa shape index (κ1) is 6.27. The Kier molecular flexibility index (Phi) is 1.83. The molecule has 0 aliphatic carbocycles. The van der Waals surface area contributed by atoms with Crippen molar-refractivity contribution in [1.29, 1.82) is 0 Å². The van der Waals surface area contributed by atoms with E-state index in [-0.39, 0.29) is 0 Å². The van der Waals surface area contributed by atoms with Gasteiger partial charge in [0.25, 0.3) is 0 Å². The predicted octanol–water partition coefficient (Wildman–Crippen LogP) is 0.486. The molecule has 0 aromatic carbocycles. The number of nitrogens with zero attached hydrogens (tertiary/aromatic N) is 2. The van der Waals surface area contributed by atoms with Crippen LogP contribution in [0.3, 0.4) is 0 Å². The second kappa shape index (κ2) is 2.62. The third kappa shape index (κ3) is 1.52. The number of hydrogen-bond acceptors (Lipinski definition) is 2. The van der Waals surface area contributed by atoms with Gasteiger partial charge in [0.1, 0.15) is 0 Å². The van der Waals surface area contributed by atoms with Crippen molar-refractivity contribution < 1.29 is 0 Å². The van der Waals surface area contributed by atoms with Crippen molar-refractivity contribution in [3.63, 3.8) is 0 Å². The molecule has 0 N–H and O–H groups in total. The third-order valence-electron chi connectivity index (χ3n) is 1.16. The SMILES string of the molecule is CN(C)c1bccnc1. The summed E-state index contributed by atoms with van der Waals surface area (Å²) in [6.07, 6.45) is 3.60. The molecule has 3 heteroatoms. The summed E-state index contributed by atoms with van der Waals surface area (Å²) in [5.41, 5.74) is 1.14. The van der Waals surface area contributed by atoms with Gasteiger partial charge in [-0.1, -0.05) is 0 Å². The fourth-order valence-electron chi connectivity index (χ4n) is 0.618. The molecule has 0 fully saturated rings. The Balaban J connectivity index is 2.85. The second-order valence-electron chi connectivity index (χ2n) is 2.11. The zero-order valence-corrected chi connectivity index (χ0v) is 5.70. The van der Waals surface area contributed by atoms with E-state index < -0.39 is 0 Å². The van der Waals surface area contributed by atoms with Crippen molar-refractivity contribution in [2.75, 3.05) is 19.0 Å². The van der Waals surface area contributed by atoms with Crippen LogP contribution in [0.1, 0.15) is 0 Å². The van der Waals surface area contributed by atoms with E-state index in [1.54, 1.807) is 6.20 Å². The van der Waals surface area contributed by atoms with Gasteiger partial charge in [-0.05, 0) is 0 Å². The minimum atomic E-state index is 1.14. The van der Waals surface area contributed by atoms with Crippen molar-refractivity contribution in [2.45, 2.75) is 0 Å². The van der Waals surface area contributed by atoms with Crippen LogP contribution in [-0.4, -0.2) is 26.0 Å². The molecule has 0 atom stereocenters. The van der Waals surface area contributed by atoms with E-state index >= 15 is 0 Å². The van der Waals surface area contributed by atoms with Crippen molar-refractivity contribution in [1.82, 2.24) is 4.98 Å². The Morgan fingerprint density at radius 3 is 2.67 bits per heavy atom. The van der Waals surface area contributed by atoms with Crippen LogP contribution in [0.15, 0.2) is 18.4 Å². The summed E-state index contributed by atoms with van der Waals surface area (Å²) in [4.78, 5) is 5.99. The van der Waals surface area contributed by atoms with Crippen LogP contribution in [-0.2, 0) is 0 Å². The Labute approximate surface area is 55.7 Å². The molecule has 0 bridgehead atoms. The zero-order valence-electron chi connectivity index (χ0n) is 5.70. The predicted molar refractivity (Wildman–Crippen MR) is 39.9 cm³/mol. The molecule has 0 saturated heterocycles. The van der Waals surface area contributed by atoms with E-state index in [4.69, 9.17) is 0 Å². The van der Waals surface area contributed by atoms with Crippen molar-refractivity contribution in [3.8, 4) is 0 Å². The van der Waals surface area contributed by atoms with Gasteiger partial charge in [-0.2, -0.15) is 0 Å². The van der Waals surface area contributed by atoms with Crippen LogP contribution >= 0.6 is 0 Å². The monoisotopic (exact) mass is 120 g/mol. The van der Waals surface area contributed by atoms with E-state index in [9.17, 15) is 0 Å². The van der Waals surface area contributed by atoms with Gasteiger partial charge >= 0.3 is 54.8 Å². The molecular formula is C6H9BN2. The van der Waals surface area contributed by atoms with Gasteiger partial charge in [0.15, 0.2) is 0 Å². The molecule has 0 aliphatic rings. The molecule has 1 rings (SSSR count). The van der Waals surface area contributed by atoms with Crippen LogP contribution in [0, 0.1) is 0 Å². The van der Waals surface area contributed by atoms with Crippen LogP contribution < -0.4 is 4.90 Å². The Hall–Kier alpha value is -0.855. The molecule has 0 radical (unpaired) electrons. The summed E-state index contributed by atoms with van der Waals surface area (Å²) in [6, 6.07) is 0. The molecule has 9 heavy (non-hydrogen) atoms. The van der Waals surface area contributed by atoms with Crippen molar-refractivity contribution in [3.05, 3.63) is 18.4 Å². The first-order valence-electron chi connectivity index (χ1n) is 2.88. The van der Waals surface area contributed by atoms with Crippen LogP contribution in [0.25, 0.3) is 0 Å². The normalized spacial score (nSPS) is 8.67. The average molecular weight is 120 g/mol. The summed E-state index contributed by atoms with van der Waals surface area (Å²) < 4.78 is 0. The van der Waals surface area contributed by atoms with E-state index in [0.717, 1.165) is 5.58 Å². The number of rotatable bonds is 1. The number of aromatic nitrogens is 1. The van der Waals surface area contributed by atoms with Crippen molar-refractivity contribution in [2.24, 2.45) is 0 Å². The van der Waals surface area contributed by atoms with Gasteiger partial charge in [0, 0.05) is 0 Å². The van der Waals surface area contributed by atoms with Gasteiger partial charge in [-0.25, -0.2) is 0 Å². The summed E-state index contributed by atoms with van der Waals surface area (Å²) >= 11 is 0. The molecule has 2 nitrogen and oxygen atoms in total. The molecular weight excluding hydrogens is 111 g/mol.